The first-order valence-electron chi connectivity index (χ1n) is 4.01. The van der Waals surface area contributed by atoms with Crippen LogP contribution >= 0.6 is 0 Å². The van der Waals surface area contributed by atoms with Crippen LogP contribution in [0.2, 0.25) is 0 Å². The lowest BCUT2D eigenvalue weighted by molar-refractivity contribution is 0.375. The Morgan fingerprint density at radius 3 is 2.11 bits per heavy atom. The van der Waals surface area contributed by atoms with Crippen LogP contribution < -0.4 is 5.73 Å². The van der Waals surface area contributed by atoms with E-state index in [4.69, 9.17) is 5.73 Å². The van der Waals surface area contributed by atoms with Gasteiger partial charge in [-0.3, -0.25) is 0 Å². The minimum Gasteiger partial charge on any atom is -0.327 e. The van der Waals surface area contributed by atoms with E-state index in [0.717, 1.165) is 6.42 Å². The van der Waals surface area contributed by atoms with Gasteiger partial charge in [-0.15, -0.1) is 0 Å². The summed E-state index contributed by atoms with van der Waals surface area (Å²) in [5.41, 5.74) is 6.50. The molecule has 0 aromatic heterocycles. The van der Waals surface area contributed by atoms with Gasteiger partial charge in [0.15, 0.2) is 0 Å². The average Bonchev–Trinajstić information content (AvgIpc) is 2.66. The molecule has 0 bridgehead atoms. The van der Waals surface area contributed by atoms with Gasteiger partial charge < -0.3 is 5.73 Å². The summed E-state index contributed by atoms with van der Waals surface area (Å²) in [6, 6.07) is 0.475. The standard InChI is InChI=1S/C8H17N/c1-3-7(9)8(4-2)5-6-8/h7H,3-6,9H2,1-2H3. The number of nitrogens with two attached hydrogens (primary N) is 1. The maximum Gasteiger partial charge on any atom is 0.00928 e. The van der Waals surface area contributed by atoms with Gasteiger partial charge in [0.1, 0.15) is 0 Å². The van der Waals surface area contributed by atoms with E-state index in [1.807, 2.05) is 0 Å². The van der Waals surface area contributed by atoms with Gasteiger partial charge in [0.2, 0.25) is 0 Å². The summed E-state index contributed by atoms with van der Waals surface area (Å²) < 4.78 is 0. The molecule has 54 valence electrons. The van der Waals surface area contributed by atoms with E-state index in [1.54, 1.807) is 0 Å². The molecule has 1 aliphatic carbocycles. The highest BCUT2D eigenvalue weighted by atomic mass is 14.7. The second kappa shape index (κ2) is 2.30. The van der Waals surface area contributed by atoms with Crippen molar-refractivity contribution in [3.05, 3.63) is 0 Å². The average molecular weight is 127 g/mol. The van der Waals surface area contributed by atoms with Gasteiger partial charge in [-0.2, -0.15) is 0 Å². The molecular weight excluding hydrogens is 110 g/mol. The molecule has 0 heterocycles. The third-order valence-corrected chi connectivity index (χ3v) is 2.82. The van der Waals surface area contributed by atoms with Gasteiger partial charge in [-0.1, -0.05) is 13.8 Å². The SMILES string of the molecule is CCC(N)C1(CC)CC1. The van der Waals surface area contributed by atoms with Crippen LogP contribution in [0.4, 0.5) is 0 Å². The highest BCUT2D eigenvalue weighted by Gasteiger charge is 2.44. The van der Waals surface area contributed by atoms with Gasteiger partial charge in [-0.25, -0.2) is 0 Å². The van der Waals surface area contributed by atoms with Gasteiger partial charge in [0.05, 0.1) is 0 Å². The Hall–Kier alpha value is -0.0400. The van der Waals surface area contributed by atoms with Crippen LogP contribution in [-0.4, -0.2) is 6.04 Å². The predicted octanol–water partition coefficient (Wildman–Crippen LogP) is 1.91. The number of hydrogen-bond donors (Lipinski definition) is 1. The second-order valence-corrected chi connectivity index (χ2v) is 3.23. The third kappa shape index (κ3) is 1.11. The highest BCUT2D eigenvalue weighted by molar-refractivity contribution is 4.98. The maximum absolute atomic E-state index is 5.92. The zero-order valence-electron chi connectivity index (χ0n) is 6.48. The summed E-state index contributed by atoms with van der Waals surface area (Å²) in [4.78, 5) is 0. The van der Waals surface area contributed by atoms with E-state index >= 15 is 0 Å². The second-order valence-electron chi connectivity index (χ2n) is 3.23. The zero-order valence-corrected chi connectivity index (χ0v) is 6.48. The molecule has 1 unspecified atom stereocenters. The van der Waals surface area contributed by atoms with Crippen molar-refractivity contribution in [1.29, 1.82) is 0 Å². The Balaban J connectivity index is 2.39. The smallest absolute Gasteiger partial charge is 0.00928 e. The summed E-state index contributed by atoms with van der Waals surface area (Å²) in [5.74, 6) is 0. The quantitative estimate of drug-likeness (QED) is 0.615. The molecule has 0 radical (unpaired) electrons. The molecule has 1 atom stereocenters. The van der Waals surface area contributed by atoms with Crippen molar-refractivity contribution in [3.8, 4) is 0 Å². The first-order valence-corrected chi connectivity index (χ1v) is 4.01. The van der Waals surface area contributed by atoms with E-state index in [-0.39, 0.29) is 0 Å². The molecule has 9 heavy (non-hydrogen) atoms. The van der Waals surface area contributed by atoms with Crippen LogP contribution in [0.3, 0.4) is 0 Å². The molecule has 0 aliphatic heterocycles. The highest BCUT2D eigenvalue weighted by Crippen LogP contribution is 2.51. The summed E-state index contributed by atoms with van der Waals surface area (Å²) >= 11 is 0. The van der Waals surface area contributed by atoms with Crippen molar-refractivity contribution in [2.75, 3.05) is 0 Å². The molecule has 0 aromatic rings. The van der Waals surface area contributed by atoms with Crippen molar-refractivity contribution in [2.24, 2.45) is 11.1 Å². The molecule has 0 amide bonds. The molecule has 1 fully saturated rings. The van der Waals surface area contributed by atoms with E-state index in [2.05, 4.69) is 13.8 Å². The van der Waals surface area contributed by atoms with Crippen LogP contribution in [0.5, 0.6) is 0 Å². The van der Waals surface area contributed by atoms with Crippen molar-refractivity contribution < 1.29 is 0 Å². The van der Waals surface area contributed by atoms with E-state index in [1.165, 1.54) is 19.3 Å². The lowest BCUT2D eigenvalue weighted by atomic mass is 9.92. The molecular formula is C8H17N. The Kier molecular flexibility index (Phi) is 1.80. The van der Waals surface area contributed by atoms with Gasteiger partial charge in [-0.05, 0) is 31.1 Å². The number of rotatable bonds is 3. The molecule has 1 rings (SSSR count). The zero-order chi connectivity index (χ0) is 6.91. The summed E-state index contributed by atoms with van der Waals surface area (Å²) in [7, 11) is 0. The summed E-state index contributed by atoms with van der Waals surface area (Å²) in [5, 5.41) is 0. The van der Waals surface area contributed by atoms with Gasteiger partial charge in [0, 0.05) is 6.04 Å². The first kappa shape index (κ1) is 7.07. The van der Waals surface area contributed by atoms with Crippen LogP contribution in [-0.2, 0) is 0 Å². The third-order valence-electron chi connectivity index (χ3n) is 2.82. The van der Waals surface area contributed by atoms with Crippen molar-refractivity contribution in [1.82, 2.24) is 0 Å². The minimum absolute atomic E-state index is 0.475. The Labute approximate surface area is 57.6 Å². The molecule has 0 saturated heterocycles. The van der Waals surface area contributed by atoms with E-state index in [0.29, 0.717) is 11.5 Å². The van der Waals surface area contributed by atoms with Crippen molar-refractivity contribution >= 4 is 0 Å². The topological polar surface area (TPSA) is 26.0 Å². The lowest BCUT2D eigenvalue weighted by Crippen LogP contribution is -2.30. The van der Waals surface area contributed by atoms with Gasteiger partial charge in [0.25, 0.3) is 0 Å². The fraction of sp³-hybridized carbons (Fsp3) is 1.00. The lowest BCUT2D eigenvalue weighted by Gasteiger charge is -2.19. The number of hydrogen-bond acceptors (Lipinski definition) is 1. The molecule has 0 spiro atoms. The molecule has 1 aliphatic rings. The van der Waals surface area contributed by atoms with Crippen molar-refractivity contribution in [2.45, 2.75) is 45.6 Å². The monoisotopic (exact) mass is 127 g/mol. The normalized spacial score (nSPS) is 25.7. The summed E-state index contributed by atoms with van der Waals surface area (Å²) in [6.07, 6.45) is 5.17. The molecule has 2 N–H and O–H groups in total. The van der Waals surface area contributed by atoms with Crippen LogP contribution in [0.15, 0.2) is 0 Å². The Morgan fingerprint density at radius 1 is 1.44 bits per heavy atom. The van der Waals surface area contributed by atoms with E-state index in [9.17, 15) is 0 Å². The Bertz CT molecular complexity index is 94.7. The molecule has 1 heteroatoms. The molecule has 1 nitrogen and oxygen atoms in total. The van der Waals surface area contributed by atoms with Crippen LogP contribution in [0, 0.1) is 5.41 Å². The minimum atomic E-state index is 0.475. The van der Waals surface area contributed by atoms with Crippen LogP contribution in [0.1, 0.15) is 39.5 Å². The fourth-order valence-electron chi connectivity index (χ4n) is 1.58. The summed E-state index contributed by atoms with van der Waals surface area (Å²) in [6.45, 7) is 4.43. The largest absolute Gasteiger partial charge is 0.327 e. The molecule has 0 aromatic carbocycles. The maximum atomic E-state index is 5.92. The predicted molar refractivity (Wildman–Crippen MR) is 40.2 cm³/mol. The van der Waals surface area contributed by atoms with Crippen molar-refractivity contribution in [3.63, 3.8) is 0 Å². The van der Waals surface area contributed by atoms with Crippen LogP contribution in [0.25, 0.3) is 0 Å². The van der Waals surface area contributed by atoms with E-state index < -0.39 is 0 Å². The first-order chi connectivity index (χ1) is 4.25. The van der Waals surface area contributed by atoms with Gasteiger partial charge >= 0.3 is 0 Å². The Morgan fingerprint density at radius 2 is 2.00 bits per heavy atom. The fourth-order valence-corrected chi connectivity index (χ4v) is 1.58. The molecule has 1 saturated carbocycles.